The first-order chi connectivity index (χ1) is 7.27. The Labute approximate surface area is 88.3 Å². The maximum atomic E-state index is 4.15. The van der Waals surface area contributed by atoms with Gasteiger partial charge in [0.1, 0.15) is 0 Å². The van der Waals surface area contributed by atoms with Gasteiger partial charge in [0.25, 0.3) is 0 Å². The number of hydrogen-bond donors (Lipinski definition) is 3. The predicted molar refractivity (Wildman–Crippen MR) is 57.2 cm³/mol. The van der Waals surface area contributed by atoms with Crippen LogP contribution in [0.15, 0.2) is 12.3 Å². The minimum atomic E-state index is 0.796. The molecule has 0 unspecified atom stereocenters. The highest BCUT2D eigenvalue weighted by atomic mass is 15.1. The molecular weight excluding hydrogens is 190 g/mol. The van der Waals surface area contributed by atoms with E-state index in [1.165, 1.54) is 5.56 Å². The summed E-state index contributed by atoms with van der Waals surface area (Å²) >= 11 is 0. The standard InChI is InChI=1S/C10H15N5/c1-7-10(8(2)14-13-7)6-11-5-9-3-4-12-15-9/h3-4,11H,5-6H2,1-2H3,(H,12,15)(H,13,14). The zero-order valence-electron chi connectivity index (χ0n) is 8.96. The largest absolute Gasteiger partial charge is 0.307 e. The third kappa shape index (κ3) is 2.24. The lowest BCUT2D eigenvalue weighted by Gasteiger charge is -2.03. The molecule has 0 aliphatic rings. The van der Waals surface area contributed by atoms with Gasteiger partial charge in [0.2, 0.25) is 0 Å². The topological polar surface area (TPSA) is 69.4 Å². The van der Waals surface area contributed by atoms with Gasteiger partial charge in [-0.15, -0.1) is 0 Å². The first kappa shape index (κ1) is 9.92. The van der Waals surface area contributed by atoms with Gasteiger partial charge < -0.3 is 5.32 Å². The minimum Gasteiger partial charge on any atom is -0.307 e. The van der Waals surface area contributed by atoms with Crippen LogP contribution < -0.4 is 5.32 Å². The Bertz CT molecular complexity index is 395. The summed E-state index contributed by atoms with van der Waals surface area (Å²) in [7, 11) is 0. The van der Waals surface area contributed by atoms with Crippen LogP contribution in [0.4, 0.5) is 0 Å². The third-order valence-electron chi connectivity index (χ3n) is 2.46. The number of hydrogen-bond acceptors (Lipinski definition) is 3. The van der Waals surface area contributed by atoms with Crippen LogP contribution in [-0.4, -0.2) is 20.4 Å². The van der Waals surface area contributed by atoms with Crippen molar-refractivity contribution in [2.75, 3.05) is 0 Å². The van der Waals surface area contributed by atoms with Crippen molar-refractivity contribution in [3.05, 3.63) is 34.9 Å². The van der Waals surface area contributed by atoms with E-state index in [1.807, 2.05) is 19.9 Å². The number of nitrogens with one attached hydrogen (secondary N) is 3. The molecule has 0 atom stereocenters. The lowest BCUT2D eigenvalue weighted by Crippen LogP contribution is -2.13. The minimum absolute atomic E-state index is 0.796. The molecule has 0 aliphatic heterocycles. The summed E-state index contributed by atoms with van der Waals surface area (Å²) in [6, 6.07) is 1.96. The van der Waals surface area contributed by atoms with E-state index in [0.717, 1.165) is 30.2 Å². The molecule has 5 heteroatoms. The lowest BCUT2D eigenvalue weighted by molar-refractivity contribution is 0.673. The van der Waals surface area contributed by atoms with Crippen LogP contribution in [0.25, 0.3) is 0 Å². The predicted octanol–water partition coefficient (Wildman–Crippen LogP) is 1.04. The van der Waals surface area contributed by atoms with Crippen molar-refractivity contribution in [1.82, 2.24) is 25.7 Å². The summed E-state index contributed by atoms with van der Waals surface area (Å²) in [4.78, 5) is 0. The molecule has 0 saturated carbocycles. The summed E-state index contributed by atoms with van der Waals surface area (Å²) in [5.74, 6) is 0. The Morgan fingerprint density at radius 3 is 2.73 bits per heavy atom. The third-order valence-corrected chi connectivity index (χ3v) is 2.46. The van der Waals surface area contributed by atoms with Gasteiger partial charge in [-0.1, -0.05) is 0 Å². The molecule has 0 bridgehead atoms. The molecular formula is C10H15N5. The zero-order chi connectivity index (χ0) is 10.7. The summed E-state index contributed by atoms with van der Waals surface area (Å²) in [5, 5.41) is 17.3. The van der Waals surface area contributed by atoms with E-state index < -0.39 is 0 Å². The number of aromatic amines is 2. The maximum Gasteiger partial charge on any atom is 0.0638 e. The Hall–Kier alpha value is -1.62. The van der Waals surface area contributed by atoms with Crippen molar-refractivity contribution in [3.63, 3.8) is 0 Å². The summed E-state index contributed by atoms with van der Waals surface area (Å²) in [6.07, 6.45) is 1.76. The SMILES string of the molecule is Cc1n[nH]c(C)c1CNCc1ccn[nH]1. The number of rotatable bonds is 4. The van der Waals surface area contributed by atoms with Crippen molar-refractivity contribution < 1.29 is 0 Å². The first-order valence-corrected chi connectivity index (χ1v) is 4.97. The van der Waals surface area contributed by atoms with Gasteiger partial charge in [-0.3, -0.25) is 10.2 Å². The summed E-state index contributed by atoms with van der Waals surface area (Å²) < 4.78 is 0. The Morgan fingerprint density at radius 1 is 1.27 bits per heavy atom. The number of nitrogens with zero attached hydrogens (tertiary/aromatic N) is 2. The Morgan fingerprint density at radius 2 is 2.13 bits per heavy atom. The van der Waals surface area contributed by atoms with Crippen molar-refractivity contribution in [1.29, 1.82) is 0 Å². The van der Waals surface area contributed by atoms with Gasteiger partial charge in [-0.25, -0.2) is 0 Å². The van der Waals surface area contributed by atoms with Gasteiger partial charge in [0, 0.05) is 36.2 Å². The highest BCUT2D eigenvalue weighted by Gasteiger charge is 2.05. The molecule has 2 heterocycles. The van der Waals surface area contributed by atoms with Crippen LogP contribution in [0.5, 0.6) is 0 Å². The van der Waals surface area contributed by atoms with E-state index in [2.05, 4.69) is 25.7 Å². The van der Waals surface area contributed by atoms with E-state index in [0.29, 0.717) is 0 Å². The maximum absolute atomic E-state index is 4.15. The van der Waals surface area contributed by atoms with E-state index in [9.17, 15) is 0 Å². The van der Waals surface area contributed by atoms with E-state index >= 15 is 0 Å². The van der Waals surface area contributed by atoms with Crippen LogP contribution in [0, 0.1) is 13.8 Å². The van der Waals surface area contributed by atoms with Crippen molar-refractivity contribution in [2.45, 2.75) is 26.9 Å². The fraction of sp³-hybridized carbons (Fsp3) is 0.400. The van der Waals surface area contributed by atoms with Crippen LogP contribution in [0.1, 0.15) is 22.6 Å². The van der Waals surface area contributed by atoms with Gasteiger partial charge >= 0.3 is 0 Å². The van der Waals surface area contributed by atoms with E-state index in [4.69, 9.17) is 0 Å². The monoisotopic (exact) mass is 205 g/mol. The highest BCUT2D eigenvalue weighted by Crippen LogP contribution is 2.08. The van der Waals surface area contributed by atoms with E-state index in [1.54, 1.807) is 6.20 Å². The fourth-order valence-electron chi connectivity index (χ4n) is 1.54. The molecule has 0 fully saturated rings. The van der Waals surface area contributed by atoms with Gasteiger partial charge in [0.15, 0.2) is 0 Å². The fourth-order valence-corrected chi connectivity index (χ4v) is 1.54. The second-order valence-corrected chi connectivity index (χ2v) is 3.60. The summed E-state index contributed by atoms with van der Waals surface area (Å²) in [5.41, 5.74) is 4.53. The second kappa shape index (κ2) is 4.27. The molecule has 0 radical (unpaired) electrons. The number of aryl methyl sites for hydroxylation is 2. The molecule has 0 spiro atoms. The van der Waals surface area contributed by atoms with Crippen molar-refractivity contribution in [2.24, 2.45) is 0 Å². The quantitative estimate of drug-likeness (QED) is 0.698. The molecule has 0 aromatic carbocycles. The Balaban J connectivity index is 1.89. The second-order valence-electron chi connectivity index (χ2n) is 3.60. The van der Waals surface area contributed by atoms with Crippen molar-refractivity contribution in [3.8, 4) is 0 Å². The van der Waals surface area contributed by atoms with Crippen molar-refractivity contribution >= 4 is 0 Å². The molecule has 2 aromatic rings. The molecule has 2 rings (SSSR count). The van der Waals surface area contributed by atoms with Crippen LogP contribution in [0.2, 0.25) is 0 Å². The van der Waals surface area contributed by atoms with Crippen LogP contribution in [0.3, 0.4) is 0 Å². The molecule has 15 heavy (non-hydrogen) atoms. The molecule has 80 valence electrons. The average Bonchev–Trinajstić information content (AvgIpc) is 2.82. The highest BCUT2D eigenvalue weighted by molar-refractivity contribution is 5.22. The molecule has 0 saturated heterocycles. The lowest BCUT2D eigenvalue weighted by atomic mass is 10.2. The zero-order valence-corrected chi connectivity index (χ0v) is 8.96. The smallest absolute Gasteiger partial charge is 0.0638 e. The first-order valence-electron chi connectivity index (χ1n) is 4.97. The summed E-state index contributed by atoms with van der Waals surface area (Å²) in [6.45, 7) is 5.67. The van der Waals surface area contributed by atoms with E-state index in [-0.39, 0.29) is 0 Å². The number of H-pyrrole nitrogens is 2. The average molecular weight is 205 g/mol. The Kier molecular flexibility index (Phi) is 2.82. The molecule has 0 aliphatic carbocycles. The van der Waals surface area contributed by atoms with Gasteiger partial charge in [0.05, 0.1) is 5.69 Å². The van der Waals surface area contributed by atoms with Gasteiger partial charge in [-0.05, 0) is 19.9 Å². The number of aromatic nitrogens is 4. The molecule has 3 N–H and O–H groups in total. The molecule has 0 amide bonds. The van der Waals surface area contributed by atoms with Gasteiger partial charge in [-0.2, -0.15) is 10.2 Å². The normalized spacial score (nSPS) is 10.8. The molecule has 5 nitrogen and oxygen atoms in total. The molecule has 2 aromatic heterocycles. The van der Waals surface area contributed by atoms with Crippen LogP contribution >= 0.6 is 0 Å². The van der Waals surface area contributed by atoms with Crippen LogP contribution in [-0.2, 0) is 13.1 Å².